The molecule has 1 N–H and O–H groups in total. The van der Waals surface area contributed by atoms with Crippen molar-refractivity contribution in [1.82, 2.24) is 0 Å². The van der Waals surface area contributed by atoms with Gasteiger partial charge in [-0.1, -0.05) is 36.8 Å². The van der Waals surface area contributed by atoms with Crippen LogP contribution in [0.4, 0.5) is 0 Å². The lowest BCUT2D eigenvalue weighted by Gasteiger charge is -2.60. The molecule has 2 saturated carbocycles. The average molecular weight is 246 g/mol. The molecule has 1 aromatic rings. The second-order valence-electron chi connectivity index (χ2n) is 5.38. The molecule has 2 bridgehead atoms. The Bertz CT molecular complexity index is 442. The highest BCUT2D eigenvalue weighted by Crippen LogP contribution is 2.62. The van der Waals surface area contributed by atoms with Crippen LogP contribution in [0.2, 0.25) is 0 Å². The molecule has 0 aromatic heterocycles. The van der Waals surface area contributed by atoms with Gasteiger partial charge in [-0.05, 0) is 18.4 Å². The van der Waals surface area contributed by atoms with Crippen molar-refractivity contribution < 1.29 is 14.6 Å². The molecule has 2 aliphatic rings. The Kier molecular flexibility index (Phi) is 2.67. The second kappa shape index (κ2) is 4.09. The number of hydrogen-bond donors (Lipinski definition) is 1. The molecule has 0 radical (unpaired) electrons. The van der Waals surface area contributed by atoms with Crippen LogP contribution in [0, 0.1) is 17.8 Å². The van der Waals surface area contributed by atoms with Gasteiger partial charge in [0, 0.05) is 11.8 Å². The van der Waals surface area contributed by atoms with Gasteiger partial charge in [0.15, 0.2) is 0 Å². The summed E-state index contributed by atoms with van der Waals surface area (Å²) in [6, 6.07) is 9.74. The highest BCUT2D eigenvalue weighted by molar-refractivity contribution is 5.75. The number of benzene rings is 1. The molecule has 0 amide bonds. The molecule has 3 rings (SSSR count). The van der Waals surface area contributed by atoms with Gasteiger partial charge in [-0.15, -0.1) is 0 Å². The van der Waals surface area contributed by atoms with E-state index in [4.69, 9.17) is 4.74 Å². The van der Waals surface area contributed by atoms with Gasteiger partial charge < -0.3 is 9.84 Å². The van der Waals surface area contributed by atoms with Crippen LogP contribution < -0.4 is 0 Å². The van der Waals surface area contributed by atoms with E-state index in [0.29, 0.717) is 0 Å². The van der Waals surface area contributed by atoms with Gasteiger partial charge in [0.2, 0.25) is 0 Å². The van der Waals surface area contributed by atoms with Crippen molar-refractivity contribution in [1.29, 1.82) is 0 Å². The van der Waals surface area contributed by atoms with Crippen LogP contribution in [0.3, 0.4) is 0 Å². The first-order valence-corrected chi connectivity index (χ1v) is 6.55. The molecule has 1 aromatic carbocycles. The number of hydrogen-bond acceptors (Lipinski definition) is 3. The van der Waals surface area contributed by atoms with Gasteiger partial charge in [0.25, 0.3) is 0 Å². The smallest absolute Gasteiger partial charge is 0.309 e. The van der Waals surface area contributed by atoms with Crippen molar-refractivity contribution in [3.63, 3.8) is 0 Å². The van der Waals surface area contributed by atoms with E-state index in [0.717, 1.165) is 24.8 Å². The zero-order valence-corrected chi connectivity index (χ0v) is 10.5. The lowest BCUT2D eigenvalue weighted by Crippen LogP contribution is -2.64. The Morgan fingerprint density at radius 2 is 1.89 bits per heavy atom. The third-order valence-corrected chi connectivity index (χ3v) is 4.74. The summed E-state index contributed by atoms with van der Waals surface area (Å²) in [5.41, 5.74) is 0.123. The fraction of sp³-hybridized carbons (Fsp3) is 0.533. The summed E-state index contributed by atoms with van der Waals surface area (Å²) < 4.78 is 4.87. The molecule has 0 saturated heterocycles. The van der Waals surface area contributed by atoms with Crippen molar-refractivity contribution in [2.75, 3.05) is 7.11 Å². The summed E-state index contributed by atoms with van der Waals surface area (Å²) in [4.78, 5) is 11.8. The Hall–Kier alpha value is -1.35. The lowest BCUT2D eigenvalue weighted by molar-refractivity contribution is -0.238. The minimum atomic E-state index is -0.821. The number of carbonyl (C=O) groups excluding carboxylic acids is 1. The average Bonchev–Trinajstić information content (AvgIpc) is 2.46. The lowest BCUT2D eigenvalue weighted by atomic mass is 9.45. The van der Waals surface area contributed by atoms with Crippen molar-refractivity contribution in [2.24, 2.45) is 17.8 Å². The molecule has 96 valence electrons. The standard InChI is InChI=1S/C15H18O3/c1-18-14(16)13-11-8-5-9-12(13)15(11,17)10-6-3-2-4-7-10/h2-4,6-7,11-13,17H,5,8-9H2,1H3/t11-,12+,13?,15?. The second-order valence-corrected chi connectivity index (χ2v) is 5.38. The summed E-state index contributed by atoms with van der Waals surface area (Å²) in [6.45, 7) is 0. The maximum absolute atomic E-state index is 11.8. The Morgan fingerprint density at radius 1 is 1.28 bits per heavy atom. The van der Waals surface area contributed by atoms with Crippen molar-refractivity contribution in [2.45, 2.75) is 24.9 Å². The number of ether oxygens (including phenoxy) is 1. The van der Waals surface area contributed by atoms with Gasteiger partial charge in [-0.2, -0.15) is 0 Å². The predicted octanol–water partition coefficient (Wildman–Crippen LogP) is 2.09. The third kappa shape index (κ3) is 1.37. The number of rotatable bonds is 2. The first-order valence-electron chi connectivity index (χ1n) is 6.55. The summed E-state index contributed by atoms with van der Waals surface area (Å²) in [5, 5.41) is 11.0. The molecular weight excluding hydrogens is 228 g/mol. The van der Waals surface area contributed by atoms with E-state index in [1.807, 2.05) is 30.3 Å². The molecular formula is C15H18O3. The first-order chi connectivity index (χ1) is 8.69. The van der Waals surface area contributed by atoms with Gasteiger partial charge in [0.05, 0.1) is 18.6 Å². The minimum absolute atomic E-state index is 0.0195. The highest BCUT2D eigenvalue weighted by atomic mass is 16.5. The maximum Gasteiger partial charge on any atom is 0.309 e. The van der Waals surface area contributed by atoms with E-state index in [1.165, 1.54) is 7.11 Å². The third-order valence-electron chi connectivity index (χ3n) is 4.74. The number of fused-ring (bicyclic) bond motifs is 2. The molecule has 0 spiro atoms. The van der Waals surface area contributed by atoms with E-state index in [1.54, 1.807) is 0 Å². The topological polar surface area (TPSA) is 46.5 Å². The van der Waals surface area contributed by atoms with Crippen molar-refractivity contribution in [3.05, 3.63) is 35.9 Å². The Morgan fingerprint density at radius 3 is 2.44 bits per heavy atom. The maximum atomic E-state index is 11.8. The highest BCUT2D eigenvalue weighted by Gasteiger charge is 2.66. The molecule has 4 atom stereocenters. The van der Waals surface area contributed by atoms with Crippen molar-refractivity contribution >= 4 is 5.97 Å². The van der Waals surface area contributed by atoms with E-state index >= 15 is 0 Å². The fourth-order valence-corrected chi connectivity index (χ4v) is 3.94. The molecule has 18 heavy (non-hydrogen) atoms. The van der Waals surface area contributed by atoms with Crippen LogP contribution in [0.15, 0.2) is 30.3 Å². The van der Waals surface area contributed by atoms with Crippen LogP contribution in [-0.2, 0) is 15.1 Å². The van der Waals surface area contributed by atoms with Gasteiger partial charge in [-0.3, -0.25) is 4.79 Å². The Labute approximate surface area is 107 Å². The van der Waals surface area contributed by atoms with Crippen molar-refractivity contribution in [3.8, 4) is 0 Å². The largest absolute Gasteiger partial charge is 0.469 e. The molecule has 0 aliphatic heterocycles. The van der Waals surface area contributed by atoms with Crippen LogP contribution in [0.5, 0.6) is 0 Å². The predicted molar refractivity (Wildman–Crippen MR) is 66.7 cm³/mol. The van der Waals surface area contributed by atoms with Gasteiger partial charge in [0.1, 0.15) is 0 Å². The number of methoxy groups -OCH3 is 1. The SMILES string of the molecule is COC(=O)C1[C@H]2CCC[C@@H]1C2(O)c1ccccc1. The number of aliphatic hydroxyl groups is 1. The van der Waals surface area contributed by atoms with Gasteiger partial charge >= 0.3 is 5.97 Å². The zero-order valence-electron chi connectivity index (χ0n) is 10.5. The van der Waals surface area contributed by atoms with E-state index in [2.05, 4.69) is 0 Å². The van der Waals surface area contributed by atoms with Crippen LogP contribution in [-0.4, -0.2) is 18.2 Å². The monoisotopic (exact) mass is 246 g/mol. The van der Waals surface area contributed by atoms with Crippen LogP contribution in [0.25, 0.3) is 0 Å². The minimum Gasteiger partial charge on any atom is -0.469 e. The van der Waals surface area contributed by atoms with E-state index in [9.17, 15) is 9.90 Å². The van der Waals surface area contributed by atoms with Crippen LogP contribution in [0.1, 0.15) is 24.8 Å². The number of esters is 1. The summed E-state index contributed by atoms with van der Waals surface area (Å²) >= 11 is 0. The summed E-state index contributed by atoms with van der Waals surface area (Å²) in [7, 11) is 1.43. The van der Waals surface area contributed by atoms with E-state index in [-0.39, 0.29) is 23.7 Å². The zero-order chi connectivity index (χ0) is 12.8. The number of carbonyl (C=O) groups is 1. The molecule has 2 fully saturated rings. The normalized spacial score (nSPS) is 37.8. The Balaban J connectivity index is 1.94. The molecule has 3 nitrogen and oxygen atoms in total. The first kappa shape index (κ1) is 11.7. The summed E-state index contributed by atoms with van der Waals surface area (Å²) in [5.74, 6) is -0.239. The molecule has 2 unspecified atom stereocenters. The fourth-order valence-electron chi connectivity index (χ4n) is 3.94. The van der Waals surface area contributed by atoms with E-state index < -0.39 is 5.60 Å². The quantitative estimate of drug-likeness (QED) is 0.813. The van der Waals surface area contributed by atoms with Gasteiger partial charge in [-0.25, -0.2) is 0 Å². The molecule has 2 aliphatic carbocycles. The molecule has 3 heteroatoms. The summed E-state index contributed by atoms with van der Waals surface area (Å²) in [6.07, 6.45) is 2.90. The molecule has 0 heterocycles. The van der Waals surface area contributed by atoms with Crippen LogP contribution >= 0.6 is 0 Å².